The van der Waals surface area contributed by atoms with Crippen LogP contribution in [0.4, 0.5) is 4.39 Å². The summed E-state index contributed by atoms with van der Waals surface area (Å²) in [5.74, 6) is -1.28. The second kappa shape index (κ2) is 6.75. The summed E-state index contributed by atoms with van der Waals surface area (Å²) in [6.45, 7) is 4.02. The van der Waals surface area contributed by atoms with E-state index < -0.39 is 21.8 Å². The molecule has 0 amide bonds. The van der Waals surface area contributed by atoms with Crippen LogP contribution < -0.4 is 0 Å². The average molecular weight is 329 g/mol. The van der Waals surface area contributed by atoms with E-state index in [1.165, 1.54) is 16.4 Å². The van der Waals surface area contributed by atoms with Crippen LogP contribution in [0, 0.1) is 18.7 Å². The van der Waals surface area contributed by atoms with Gasteiger partial charge in [0.2, 0.25) is 10.0 Å². The zero-order valence-corrected chi connectivity index (χ0v) is 13.5. The molecule has 0 N–H and O–H groups in total. The molecule has 1 unspecified atom stereocenters. The number of hydrogen-bond acceptors (Lipinski definition) is 4. The molecule has 5 nitrogen and oxygen atoms in total. The minimum absolute atomic E-state index is 0.0819. The van der Waals surface area contributed by atoms with E-state index in [2.05, 4.69) is 0 Å². The van der Waals surface area contributed by atoms with Crippen molar-refractivity contribution in [1.29, 1.82) is 0 Å². The Balaban J connectivity index is 2.23. The molecule has 0 bridgehead atoms. The van der Waals surface area contributed by atoms with Gasteiger partial charge in [-0.15, -0.1) is 0 Å². The molecule has 1 saturated heterocycles. The molecule has 1 heterocycles. The van der Waals surface area contributed by atoms with Crippen LogP contribution in [0.2, 0.25) is 0 Å². The third kappa shape index (κ3) is 3.47. The Labute approximate surface area is 130 Å². The van der Waals surface area contributed by atoms with Gasteiger partial charge in [0, 0.05) is 13.1 Å². The molecule has 1 atom stereocenters. The number of halogens is 1. The summed E-state index contributed by atoms with van der Waals surface area (Å²) < 4.78 is 44.8. The van der Waals surface area contributed by atoms with Crippen molar-refractivity contribution >= 4 is 16.0 Å². The molecule has 7 heteroatoms. The molecular weight excluding hydrogens is 309 g/mol. The van der Waals surface area contributed by atoms with Gasteiger partial charge in [0.05, 0.1) is 17.4 Å². The van der Waals surface area contributed by atoms with E-state index in [9.17, 15) is 17.6 Å². The lowest BCUT2D eigenvalue weighted by Crippen LogP contribution is -2.42. The van der Waals surface area contributed by atoms with E-state index >= 15 is 0 Å². The number of aryl methyl sites for hydroxylation is 1. The minimum Gasteiger partial charge on any atom is -0.466 e. The highest BCUT2D eigenvalue weighted by molar-refractivity contribution is 7.89. The highest BCUT2D eigenvalue weighted by Crippen LogP contribution is 2.26. The van der Waals surface area contributed by atoms with Crippen LogP contribution in [-0.4, -0.2) is 38.4 Å². The van der Waals surface area contributed by atoms with Crippen molar-refractivity contribution in [1.82, 2.24) is 4.31 Å². The molecule has 1 aliphatic heterocycles. The molecule has 0 aromatic heterocycles. The maximum atomic E-state index is 13.2. The van der Waals surface area contributed by atoms with E-state index in [0.717, 1.165) is 6.07 Å². The van der Waals surface area contributed by atoms with E-state index in [4.69, 9.17) is 4.74 Å². The molecule has 1 aliphatic rings. The predicted molar refractivity (Wildman–Crippen MR) is 79.3 cm³/mol. The van der Waals surface area contributed by atoms with Crippen LogP contribution in [0.25, 0.3) is 0 Å². The number of nitrogens with zero attached hydrogens (tertiary/aromatic N) is 1. The smallest absolute Gasteiger partial charge is 0.310 e. The van der Waals surface area contributed by atoms with E-state index in [0.29, 0.717) is 24.9 Å². The first kappa shape index (κ1) is 16.9. The predicted octanol–water partition coefficient (Wildman–Crippen LogP) is 2.10. The fourth-order valence-corrected chi connectivity index (χ4v) is 4.38. The number of hydrogen-bond donors (Lipinski definition) is 0. The van der Waals surface area contributed by atoms with Gasteiger partial charge in [-0.05, 0) is 50.5 Å². The lowest BCUT2D eigenvalue weighted by atomic mass is 10.0. The second-order valence-electron chi connectivity index (χ2n) is 5.36. The highest BCUT2D eigenvalue weighted by atomic mass is 32.2. The number of rotatable bonds is 4. The number of ether oxygens (including phenoxy) is 1. The van der Waals surface area contributed by atoms with Crippen molar-refractivity contribution in [2.24, 2.45) is 5.92 Å². The zero-order chi connectivity index (χ0) is 16.3. The SMILES string of the molecule is CCOC(=O)C1CCCN(S(=O)(=O)c2ccc(F)cc2C)C1. The van der Waals surface area contributed by atoms with Gasteiger partial charge in [-0.1, -0.05) is 0 Å². The Kier molecular flexibility index (Phi) is 5.18. The van der Waals surface area contributed by atoms with E-state index in [1.54, 1.807) is 13.8 Å². The van der Waals surface area contributed by atoms with Crippen LogP contribution in [0.5, 0.6) is 0 Å². The summed E-state index contributed by atoms with van der Waals surface area (Å²) in [4.78, 5) is 11.9. The Morgan fingerprint density at radius 1 is 1.45 bits per heavy atom. The van der Waals surface area contributed by atoms with Gasteiger partial charge < -0.3 is 4.74 Å². The zero-order valence-electron chi connectivity index (χ0n) is 12.7. The molecule has 1 fully saturated rings. The fraction of sp³-hybridized carbons (Fsp3) is 0.533. The van der Waals surface area contributed by atoms with Gasteiger partial charge in [-0.2, -0.15) is 4.31 Å². The van der Waals surface area contributed by atoms with Crippen LogP contribution in [0.3, 0.4) is 0 Å². The summed E-state index contributed by atoms with van der Waals surface area (Å²) >= 11 is 0. The number of carbonyl (C=O) groups excluding carboxylic acids is 1. The molecule has 22 heavy (non-hydrogen) atoms. The molecule has 0 saturated carbocycles. The van der Waals surface area contributed by atoms with Crippen molar-refractivity contribution in [3.8, 4) is 0 Å². The monoisotopic (exact) mass is 329 g/mol. The number of carbonyl (C=O) groups is 1. The van der Waals surface area contributed by atoms with Gasteiger partial charge in [-0.25, -0.2) is 12.8 Å². The van der Waals surface area contributed by atoms with Crippen molar-refractivity contribution in [2.45, 2.75) is 31.6 Å². The Morgan fingerprint density at radius 3 is 2.82 bits per heavy atom. The number of piperidine rings is 1. The second-order valence-corrected chi connectivity index (χ2v) is 7.27. The topological polar surface area (TPSA) is 63.7 Å². The van der Waals surface area contributed by atoms with Crippen molar-refractivity contribution in [2.75, 3.05) is 19.7 Å². The number of esters is 1. The molecule has 1 aromatic rings. The quantitative estimate of drug-likeness (QED) is 0.794. The van der Waals surface area contributed by atoms with Crippen molar-refractivity contribution in [3.05, 3.63) is 29.6 Å². The van der Waals surface area contributed by atoms with Gasteiger partial charge >= 0.3 is 5.97 Å². The summed E-state index contributed by atoms with van der Waals surface area (Å²) in [7, 11) is -3.73. The first-order chi connectivity index (χ1) is 10.4. The number of benzene rings is 1. The lowest BCUT2D eigenvalue weighted by molar-refractivity contribution is -0.149. The van der Waals surface area contributed by atoms with Gasteiger partial charge in [0.1, 0.15) is 5.82 Å². The molecule has 122 valence electrons. The van der Waals surface area contributed by atoms with E-state index in [-0.39, 0.29) is 24.0 Å². The fourth-order valence-electron chi connectivity index (χ4n) is 2.65. The lowest BCUT2D eigenvalue weighted by Gasteiger charge is -2.31. The van der Waals surface area contributed by atoms with Crippen molar-refractivity contribution < 1.29 is 22.3 Å². The molecule has 0 radical (unpaired) electrons. The first-order valence-corrected chi connectivity index (χ1v) is 8.73. The molecular formula is C15H20FNO4S. The van der Waals surface area contributed by atoms with Crippen LogP contribution in [-0.2, 0) is 19.6 Å². The first-order valence-electron chi connectivity index (χ1n) is 7.29. The van der Waals surface area contributed by atoms with Gasteiger partial charge in [-0.3, -0.25) is 4.79 Å². The summed E-state index contributed by atoms with van der Waals surface area (Å²) in [5, 5.41) is 0. The molecule has 0 aliphatic carbocycles. The molecule has 0 spiro atoms. The van der Waals surface area contributed by atoms with E-state index in [1.807, 2.05) is 0 Å². The third-order valence-electron chi connectivity index (χ3n) is 3.76. The Morgan fingerprint density at radius 2 is 2.18 bits per heavy atom. The minimum atomic E-state index is -3.73. The average Bonchev–Trinajstić information content (AvgIpc) is 2.47. The third-order valence-corrected chi connectivity index (χ3v) is 5.78. The van der Waals surface area contributed by atoms with Crippen LogP contribution in [0.15, 0.2) is 23.1 Å². The Hall–Kier alpha value is -1.47. The number of sulfonamides is 1. The normalized spacial score (nSPS) is 19.9. The highest BCUT2D eigenvalue weighted by Gasteiger charge is 2.34. The van der Waals surface area contributed by atoms with Crippen LogP contribution >= 0.6 is 0 Å². The van der Waals surface area contributed by atoms with Gasteiger partial charge in [0.25, 0.3) is 0 Å². The van der Waals surface area contributed by atoms with Gasteiger partial charge in [0.15, 0.2) is 0 Å². The summed E-state index contributed by atoms with van der Waals surface area (Å²) in [5.41, 5.74) is 0.359. The summed E-state index contributed by atoms with van der Waals surface area (Å²) in [6, 6.07) is 3.60. The van der Waals surface area contributed by atoms with Crippen LogP contribution in [0.1, 0.15) is 25.3 Å². The summed E-state index contributed by atoms with van der Waals surface area (Å²) in [6.07, 6.45) is 1.22. The standard InChI is InChI=1S/C15H20FNO4S/c1-3-21-15(18)12-5-4-8-17(10-12)22(19,20)14-7-6-13(16)9-11(14)2/h6-7,9,12H,3-5,8,10H2,1-2H3. The largest absolute Gasteiger partial charge is 0.466 e. The Bertz CT molecular complexity index is 660. The molecule has 2 rings (SSSR count). The molecule has 1 aromatic carbocycles. The van der Waals surface area contributed by atoms with Crippen molar-refractivity contribution in [3.63, 3.8) is 0 Å². The maximum absolute atomic E-state index is 13.2. The maximum Gasteiger partial charge on any atom is 0.310 e.